The monoisotopic (exact) mass is 191 g/mol. The lowest BCUT2D eigenvalue weighted by atomic mass is 10.1. The smallest absolute Gasteiger partial charge is 0.123 e. The Bertz CT molecular complexity index is 425. The molecule has 0 saturated carbocycles. The van der Waals surface area contributed by atoms with Crippen molar-refractivity contribution in [2.45, 2.75) is 6.92 Å². The van der Waals surface area contributed by atoms with Gasteiger partial charge in [-0.3, -0.25) is 0 Å². The van der Waals surface area contributed by atoms with E-state index in [1.54, 1.807) is 16.8 Å². The fourth-order valence-electron chi connectivity index (χ4n) is 1.46. The van der Waals surface area contributed by atoms with E-state index in [-0.39, 0.29) is 5.82 Å². The molecule has 0 amide bonds. The summed E-state index contributed by atoms with van der Waals surface area (Å²) in [6, 6.07) is 6.31. The Labute approximate surface area is 81.2 Å². The van der Waals surface area contributed by atoms with Crippen molar-refractivity contribution in [3.05, 3.63) is 35.8 Å². The zero-order chi connectivity index (χ0) is 10.1. The maximum Gasteiger partial charge on any atom is 0.123 e. The highest BCUT2D eigenvalue weighted by molar-refractivity contribution is 5.61. The Balaban J connectivity index is 2.54. The number of aryl methyl sites for hydroxylation is 2. The molecule has 0 aliphatic heterocycles. The summed E-state index contributed by atoms with van der Waals surface area (Å²) in [6.45, 7) is 1.88. The largest absolute Gasteiger partial charge is 0.247 e. The summed E-state index contributed by atoms with van der Waals surface area (Å²) in [7, 11) is 1.82. The van der Waals surface area contributed by atoms with E-state index >= 15 is 0 Å². The molecule has 4 heteroatoms. The van der Waals surface area contributed by atoms with E-state index in [1.807, 2.05) is 14.0 Å². The van der Waals surface area contributed by atoms with E-state index in [1.165, 1.54) is 12.1 Å². The second kappa shape index (κ2) is 3.21. The molecule has 0 aliphatic carbocycles. The van der Waals surface area contributed by atoms with Crippen molar-refractivity contribution in [3.8, 4) is 11.3 Å². The molecule has 1 heterocycles. The topological polar surface area (TPSA) is 30.7 Å². The zero-order valence-electron chi connectivity index (χ0n) is 8.03. The summed E-state index contributed by atoms with van der Waals surface area (Å²) < 4.78 is 14.4. The van der Waals surface area contributed by atoms with Crippen LogP contribution in [0.3, 0.4) is 0 Å². The molecule has 0 unspecified atom stereocenters. The predicted octanol–water partition coefficient (Wildman–Crippen LogP) is 1.93. The fraction of sp³-hybridized carbons (Fsp3) is 0.200. The van der Waals surface area contributed by atoms with Gasteiger partial charge in [0.1, 0.15) is 5.82 Å². The summed E-state index contributed by atoms with van der Waals surface area (Å²) in [5.74, 6) is -0.235. The number of aromatic nitrogens is 3. The number of hydrogen-bond acceptors (Lipinski definition) is 2. The highest BCUT2D eigenvalue weighted by atomic mass is 19.1. The molecule has 0 saturated heterocycles. The van der Waals surface area contributed by atoms with E-state index in [4.69, 9.17) is 0 Å². The van der Waals surface area contributed by atoms with Crippen LogP contribution in [0.25, 0.3) is 11.3 Å². The lowest BCUT2D eigenvalue weighted by Gasteiger charge is -2.01. The molecule has 0 radical (unpaired) electrons. The minimum atomic E-state index is -0.235. The Hall–Kier alpha value is -1.71. The minimum absolute atomic E-state index is 0.235. The number of benzene rings is 1. The molecular formula is C10H10FN3. The van der Waals surface area contributed by atoms with E-state index in [0.29, 0.717) is 0 Å². The van der Waals surface area contributed by atoms with Gasteiger partial charge in [-0.05, 0) is 31.2 Å². The number of nitrogens with zero attached hydrogens (tertiary/aromatic N) is 3. The molecule has 0 N–H and O–H groups in total. The van der Waals surface area contributed by atoms with Crippen molar-refractivity contribution in [3.63, 3.8) is 0 Å². The highest BCUT2D eigenvalue weighted by Gasteiger charge is 2.08. The standard InChI is InChI=1S/C10H10FN3/c1-7-10(14(2)13-12-7)8-3-5-9(11)6-4-8/h3-6H,1-2H3. The van der Waals surface area contributed by atoms with Crippen LogP contribution in [-0.2, 0) is 7.05 Å². The quantitative estimate of drug-likeness (QED) is 0.689. The molecule has 0 bridgehead atoms. The van der Waals surface area contributed by atoms with E-state index in [9.17, 15) is 4.39 Å². The van der Waals surface area contributed by atoms with Crippen molar-refractivity contribution in [2.24, 2.45) is 7.05 Å². The summed E-state index contributed by atoms with van der Waals surface area (Å²) in [6.07, 6.45) is 0. The van der Waals surface area contributed by atoms with Crippen molar-refractivity contribution in [1.82, 2.24) is 15.0 Å². The van der Waals surface area contributed by atoms with Gasteiger partial charge in [0.25, 0.3) is 0 Å². The lowest BCUT2D eigenvalue weighted by Crippen LogP contribution is -1.94. The van der Waals surface area contributed by atoms with Crippen molar-refractivity contribution < 1.29 is 4.39 Å². The molecule has 14 heavy (non-hydrogen) atoms. The SMILES string of the molecule is Cc1nnn(C)c1-c1ccc(F)cc1. The first kappa shape index (κ1) is 8.87. The summed E-state index contributed by atoms with van der Waals surface area (Å²) in [4.78, 5) is 0. The first-order valence-electron chi connectivity index (χ1n) is 4.30. The molecule has 1 aromatic heterocycles. The van der Waals surface area contributed by atoms with E-state index in [0.717, 1.165) is 17.0 Å². The Morgan fingerprint density at radius 1 is 1.21 bits per heavy atom. The first-order chi connectivity index (χ1) is 6.68. The Kier molecular flexibility index (Phi) is 2.04. The molecule has 0 fully saturated rings. The molecule has 0 spiro atoms. The third-order valence-corrected chi connectivity index (χ3v) is 2.11. The average molecular weight is 191 g/mol. The molecule has 0 aliphatic rings. The van der Waals surface area contributed by atoms with Gasteiger partial charge < -0.3 is 0 Å². The van der Waals surface area contributed by atoms with Gasteiger partial charge in [-0.2, -0.15) is 0 Å². The Morgan fingerprint density at radius 3 is 2.36 bits per heavy atom. The van der Waals surface area contributed by atoms with Crippen LogP contribution in [0.1, 0.15) is 5.69 Å². The highest BCUT2D eigenvalue weighted by Crippen LogP contribution is 2.20. The third kappa shape index (κ3) is 1.39. The van der Waals surface area contributed by atoms with Gasteiger partial charge in [0.05, 0.1) is 11.4 Å². The fourth-order valence-corrected chi connectivity index (χ4v) is 1.46. The molecular weight excluding hydrogens is 181 g/mol. The second-order valence-corrected chi connectivity index (χ2v) is 3.15. The van der Waals surface area contributed by atoms with Crippen LogP contribution in [0, 0.1) is 12.7 Å². The van der Waals surface area contributed by atoms with Crippen molar-refractivity contribution in [1.29, 1.82) is 0 Å². The molecule has 3 nitrogen and oxygen atoms in total. The number of hydrogen-bond donors (Lipinski definition) is 0. The van der Waals surface area contributed by atoms with Crippen molar-refractivity contribution in [2.75, 3.05) is 0 Å². The predicted molar refractivity (Wildman–Crippen MR) is 51.1 cm³/mol. The van der Waals surface area contributed by atoms with Crippen molar-refractivity contribution >= 4 is 0 Å². The van der Waals surface area contributed by atoms with Gasteiger partial charge in [-0.15, -0.1) is 5.10 Å². The van der Waals surface area contributed by atoms with Gasteiger partial charge in [-0.1, -0.05) is 5.21 Å². The normalized spacial score (nSPS) is 10.5. The van der Waals surface area contributed by atoms with E-state index < -0.39 is 0 Å². The van der Waals surface area contributed by atoms with Crippen LogP contribution in [0.15, 0.2) is 24.3 Å². The van der Waals surface area contributed by atoms with Gasteiger partial charge >= 0.3 is 0 Å². The van der Waals surface area contributed by atoms with Gasteiger partial charge in [0, 0.05) is 12.6 Å². The van der Waals surface area contributed by atoms with Crippen LogP contribution in [0.4, 0.5) is 4.39 Å². The van der Waals surface area contributed by atoms with E-state index in [2.05, 4.69) is 10.3 Å². The zero-order valence-corrected chi connectivity index (χ0v) is 8.03. The maximum atomic E-state index is 12.7. The summed E-state index contributed by atoms with van der Waals surface area (Å²) in [5.41, 5.74) is 2.69. The maximum absolute atomic E-state index is 12.7. The molecule has 2 aromatic rings. The lowest BCUT2D eigenvalue weighted by molar-refractivity contribution is 0.628. The van der Waals surface area contributed by atoms with Crippen LogP contribution < -0.4 is 0 Å². The second-order valence-electron chi connectivity index (χ2n) is 3.15. The van der Waals surface area contributed by atoms with Crippen LogP contribution in [0.5, 0.6) is 0 Å². The summed E-state index contributed by atoms with van der Waals surface area (Å²) >= 11 is 0. The summed E-state index contributed by atoms with van der Waals surface area (Å²) in [5, 5.41) is 7.82. The molecule has 2 rings (SSSR count). The molecule has 1 aromatic carbocycles. The average Bonchev–Trinajstić information content (AvgIpc) is 2.49. The van der Waals surface area contributed by atoms with Gasteiger partial charge in [0.15, 0.2) is 0 Å². The Morgan fingerprint density at radius 2 is 1.86 bits per heavy atom. The molecule has 72 valence electrons. The third-order valence-electron chi connectivity index (χ3n) is 2.11. The number of halogens is 1. The first-order valence-corrected chi connectivity index (χ1v) is 4.30. The van der Waals surface area contributed by atoms with Gasteiger partial charge in [-0.25, -0.2) is 9.07 Å². The minimum Gasteiger partial charge on any atom is -0.247 e. The van der Waals surface area contributed by atoms with Crippen LogP contribution in [0.2, 0.25) is 0 Å². The molecule has 0 atom stereocenters. The van der Waals surface area contributed by atoms with Crippen LogP contribution >= 0.6 is 0 Å². The van der Waals surface area contributed by atoms with Gasteiger partial charge in [0.2, 0.25) is 0 Å². The number of rotatable bonds is 1. The van der Waals surface area contributed by atoms with Crippen LogP contribution in [-0.4, -0.2) is 15.0 Å².